The van der Waals surface area contributed by atoms with E-state index >= 15 is 0 Å². The average Bonchev–Trinajstić information content (AvgIpc) is 2.52. The monoisotopic (exact) mass is 382 g/mol. The van der Waals surface area contributed by atoms with E-state index < -0.39 is 0 Å². The Kier molecular flexibility index (Phi) is 5.08. The van der Waals surface area contributed by atoms with Crippen LogP contribution in [-0.2, 0) is 0 Å². The molecular formula is C17H10Cl4N2. The van der Waals surface area contributed by atoms with Crippen LogP contribution >= 0.6 is 46.4 Å². The van der Waals surface area contributed by atoms with Crippen molar-refractivity contribution in [3.63, 3.8) is 0 Å². The fourth-order valence-corrected chi connectivity index (χ4v) is 3.38. The van der Waals surface area contributed by atoms with Gasteiger partial charge in [-0.1, -0.05) is 71.2 Å². The van der Waals surface area contributed by atoms with Gasteiger partial charge in [-0.15, -0.1) is 0 Å². The summed E-state index contributed by atoms with van der Waals surface area (Å²) in [7, 11) is 0. The van der Waals surface area contributed by atoms with Crippen LogP contribution in [0.1, 0.15) is 22.6 Å². The van der Waals surface area contributed by atoms with Gasteiger partial charge < -0.3 is 0 Å². The summed E-state index contributed by atoms with van der Waals surface area (Å²) in [6.45, 7) is 0. The SMILES string of the molecule is Clc1ccc(C(c2ccccc2)c2cnc(Cl)nc2Cl)c(Cl)c1. The number of nitrogens with zero attached hydrogens (tertiary/aromatic N) is 2. The van der Waals surface area contributed by atoms with Crippen molar-refractivity contribution < 1.29 is 0 Å². The van der Waals surface area contributed by atoms with Crippen LogP contribution in [-0.4, -0.2) is 9.97 Å². The number of hydrogen-bond acceptors (Lipinski definition) is 2. The highest BCUT2D eigenvalue weighted by atomic mass is 35.5. The molecule has 6 heteroatoms. The topological polar surface area (TPSA) is 25.8 Å². The van der Waals surface area contributed by atoms with E-state index in [2.05, 4.69) is 9.97 Å². The molecule has 23 heavy (non-hydrogen) atoms. The molecule has 1 aromatic heterocycles. The van der Waals surface area contributed by atoms with E-state index in [1.165, 1.54) is 0 Å². The van der Waals surface area contributed by atoms with Crippen LogP contribution in [0.4, 0.5) is 0 Å². The second kappa shape index (κ2) is 7.06. The van der Waals surface area contributed by atoms with Crippen molar-refractivity contribution in [2.24, 2.45) is 0 Å². The molecule has 0 bridgehead atoms. The summed E-state index contributed by atoms with van der Waals surface area (Å²) in [5.74, 6) is -0.217. The number of hydrogen-bond donors (Lipinski definition) is 0. The third-order valence-corrected chi connectivity index (χ3v) is 4.50. The Morgan fingerprint density at radius 3 is 2.22 bits per heavy atom. The summed E-state index contributed by atoms with van der Waals surface area (Å²) in [5, 5.41) is 1.53. The Bertz CT molecular complexity index is 786. The van der Waals surface area contributed by atoms with Gasteiger partial charge in [0.15, 0.2) is 0 Å². The molecule has 1 unspecified atom stereocenters. The van der Waals surface area contributed by atoms with Crippen molar-refractivity contribution in [2.45, 2.75) is 5.92 Å². The van der Waals surface area contributed by atoms with Gasteiger partial charge in [0.25, 0.3) is 0 Å². The zero-order valence-corrected chi connectivity index (χ0v) is 14.7. The molecule has 0 spiro atoms. The lowest BCUT2D eigenvalue weighted by Gasteiger charge is -2.20. The van der Waals surface area contributed by atoms with E-state index in [0.29, 0.717) is 15.2 Å². The molecule has 116 valence electrons. The van der Waals surface area contributed by atoms with Gasteiger partial charge in [0.05, 0.1) is 0 Å². The van der Waals surface area contributed by atoms with Crippen molar-refractivity contribution in [1.29, 1.82) is 0 Å². The first kappa shape index (κ1) is 16.5. The summed E-state index contributed by atoms with van der Waals surface area (Å²) < 4.78 is 0. The highest BCUT2D eigenvalue weighted by molar-refractivity contribution is 6.35. The Labute approximate surface area is 154 Å². The molecule has 0 saturated carbocycles. The lowest BCUT2D eigenvalue weighted by molar-refractivity contribution is 0.941. The lowest BCUT2D eigenvalue weighted by atomic mass is 9.86. The molecule has 1 heterocycles. The second-order valence-corrected chi connectivity index (χ2v) is 6.43. The van der Waals surface area contributed by atoms with Gasteiger partial charge in [0.2, 0.25) is 5.28 Å². The molecule has 0 aliphatic carbocycles. The smallest absolute Gasteiger partial charge is 0.223 e. The van der Waals surface area contributed by atoms with Crippen molar-refractivity contribution in [3.8, 4) is 0 Å². The summed E-state index contributed by atoms with van der Waals surface area (Å²) in [6, 6.07) is 15.2. The van der Waals surface area contributed by atoms with E-state index in [1.54, 1.807) is 18.3 Å². The molecule has 0 amide bonds. The van der Waals surface area contributed by atoms with Crippen LogP contribution in [0.25, 0.3) is 0 Å². The second-order valence-electron chi connectivity index (χ2n) is 4.89. The molecular weight excluding hydrogens is 374 g/mol. The number of halogens is 4. The van der Waals surface area contributed by atoms with Crippen molar-refractivity contribution in [1.82, 2.24) is 9.97 Å². The Morgan fingerprint density at radius 1 is 0.826 bits per heavy atom. The average molecular weight is 384 g/mol. The van der Waals surface area contributed by atoms with Crippen LogP contribution in [0.2, 0.25) is 20.5 Å². The first-order valence-electron chi connectivity index (χ1n) is 6.74. The third-order valence-electron chi connectivity index (χ3n) is 3.46. The maximum absolute atomic E-state index is 6.41. The first-order valence-corrected chi connectivity index (χ1v) is 8.25. The van der Waals surface area contributed by atoms with Gasteiger partial charge in [-0.2, -0.15) is 0 Å². The molecule has 0 aliphatic heterocycles. The highest BCUT2D eigenvalue weighted by Gasteiger charge is 2.23. The van der Waals surface area contributed by atoms with E-state index in [9.17, 15) is 0 Å². The minimum absolute atomic E-state index is 0.104. The minimum atomic E-state index is -0.217. The van der Waals surface area contributed by atoms with Crippen LogP contribution in [0.15, 0.2) is 54.7 Å². The lowest BCUT2D eigenvalue weighted by Crippen LogP contribution is -2.06. The van der Waals surface area contributed by atoms with Gasteiger partial charge >= 0.3 is 0 Å². The normalized spacial score (nSPS) is 12.2. The van der Waals surface area contributed by atoms with Gasteiger partial charge in [-0.3, -0.25) is 0 Å². The molecule has 0 N–H and O–H groups in total. The largest absolute Gasteiger partial charge is 0.226 e. The number of rotatable bonds is 3. The zero-order valence-electron chi connectivity index (χ0n) is 11.7. The third kappa shape index (κ3) is 3.61. The maximum Gasteiger partial charge on any atom is 0.223 e. The highest BCUT2D eigenvalue weighted by Crippen LogP contribution is 2.39. The predicted molar refractivity (Wildman–Crippen MR) is 95.9 cm³/mol. The van der Waals surface area contributed by atoms with Crippen molar-refractivity contribution in [2.75, 3.05) is 0 Å². The quantitative estimate of drug-likeness (QED) is 0.393. The fourth-order valence-electron chi connectivity index (χ4n) is 2.45. The van der Waals surface area contributed by atoms with Crippen LogP contribution in [0, 0.1) is 0 Å². The summed E-state index contributed by atoms with van der Waals surface area (Å²) in [4.78, 5) is 8.10. The predicted octanol–water partition coefficient (Wildman–Crippen LogP) is 6.27. The molecule has 2 aromatic carbocycles. The Hall–Kier alpha value is -1.32. The molecule has 0 radical (unpaired) electrons. The first-order chi connectivity index (χ1) is 11.1. The minimum Gasteiger partial charge on any atom is -0.226 e. The summed E-state index contributed by atoms with van der Waals surface area (Å²) in [5.41, 5.74) is 2.62. The van der Waals surface area contributed by atoms with Gasteiger partial charge in [-0.05, 0) is 34.9 Å². The van der Waals surface area contributed by atoms with Gasteiger partial charge in [0, 0.05) is 27.7 Å². The van der Waals surface area contributed by atoms with E-state index in [1.807, 2.05) is 36.4 Å². The van der Waals surface area contributed by atoms with Crippen LogP contribution in [0.3, 0.4) is 0 Å². The molecule has 0 aliphatic rings. The fraction of sp³-hybridized carbons (Fsp3) is 0.0588. The van der Waals surface area contributed by atoms with E-state index in [-0.39, 0.29) is 11.2 Å². The summed E-state index contributed by atoms with van der Waals surface area (Å²) in [6.07, 6.45) is 1.63. The molecule has 2 nitrogen and oxygen atoms in total. The molecule has 1 atom stereocenters. The molecule has 0 fully saturated rings. The van der Waals surface area contributed by atoms with E-state index in [4.69, 9.17) is 46.4 Å². The Morgan fingerprint density at radius 2 is 1.57 bits per heavy atom. The van der Waals surface area contributed by atoms with Crippen LogP contribution in [0.5, 0.6) is 0 Å². The zero-order chi connectivity index (χ0) is 16.4. The summed E-state index contributed by atoms with van der Waals surface area (Å²) >= 11 is 24.5. The number of aromatic nitrogens is 2. The molecule has 3 rings (SSSR count). The maximum atomic E-state index is 6.41. The van der Waals surface area contributed by atoms with Crippen molar-refractivity contribution >= 4 is 46.4 Å². The van der Waals surface area contributed by atoms with E-state index in [0.717, 1.165) is 16.7 Å². The van der Waals surface area contributed by atoms with Gasteiger partial charge in [-0.25, -0.2) is 9.97 Å². The van der Waals surface area contributed by atoms with Crippen molar-refractivity contribution in [3.05, 3.63) is 91.9 Å². The van der Waals surface area contributed by atoms with Gasteiger partial charge in [0.1, 0.15) is 5.15 Å². The Balaban J connectivity index is 2.22. The molecule has 3 aromatic rings. The number of benzene rings is 2. The molecule has 0 saturated heterocycles. The van der Waals surface area contributed by atoms with Crippen LogP contribution < -0.4 is 0 Å². The standard InChI is InChI=1S/C17H10Cl4N2/c18-11-6-7-12(14(19)8-11)15(10-4-2-1-3-5-10)13-9-22-17(21)23-16(13)20/h1-9,15H.